The Morgan fingerprint density at radius 2 is 1.67 bits per heavy atom. The lowest BCUT2D eigenvalue weighted by Crippen LogP contribution is -2.15. The van der Waals surface area contributed by atoms with Crippen LogP contribution in [0.1, 0.15) is 12.0 Å². The molecule has 1 N–H and O–H groups in total. The van der Waals surface area contributed by atoms with Crippen molar-refractivity contribution in [3.63, 3.8) is 0 Å². The van der Waals surface area contributed by atoms with E-state index in [1.807, 2.05) is 30.3 Å². The molecule has 1 aliphatic heterocycles. The summed E-state index contributed by atoms with van der Waals surface area (Å²) >= 11 is 0. The molecule has 0 atom stereocenters. The summed E-state index contributed by atoms with van der Waals surface area (Å²) < 4.78 is 32.2. The van der Waals surface area contributed by atoms with Crippen LogP contribution in [-0.4, -0.2) is 25.2 Å². The van der Waals surface area contributed by atoms with E-state index < -0.39 is 10.1 Å². The Hall–Kier alpha value is -2.18. The minimum absolute atomic E-state index is 0.122. The van der Waals surface area contributed by atoms with Crippen molar-refractivity contribution in [2.24, 2.45) is 5.10 Å². The summed E-state index contributed by atoms with van der Waals surface area (Å²) in [5.41, 5.74) is 2.32. The first-order valence-electron chi connectivity index (χ1n) is 6.53. The number of nitrogens with zero attached hydrogens (tertiary/aromatic N) is 2. The van der Waals surface area contributed by atoms with Gasteiger partial charge in [-0.15, -0.1) is 0 Å². The van der Waals surface area contributed by atoms with Crippen LogP contribution >= 0.6 is 0 Å². The van der Waals surface area contributed by atoms with Crippen LogP contribution < -0.4 is 5.01 Å². The maximum absolute atomic E-state index is 11.4. The summed E-state index contributed by atoms with van der Waals surface area (Å²) in [6, 6.07) is 16.1. The standard InChI is InChI=1S/C15H14N2O3S/c18-21(19,20)15-9-5-4-8-14(15)17-11-10-13(16-17)12-6-2-1-3-7-12/h1-9H,10-11H2,(H,18,19,20). The van der Waals surface area contributed by atoms with Gasteiger partial charge in [0.15, 0.2) is 0 Å². The van der Waals surface area contributed by atoms with Gasteiger partial charge in [0.2, 0.25) is 0 Å². The summed E-state index contributed by atoms with van der Waals surface area (Å²) in [5, 5.41) is 6.09. The third kappa shape index (κ3) is 2.81. The van der Waals surface area contributed by atoms with Crippen molar-refractivity contribution in [2.45, 2.75) is 11.3 Å². The van der Waals surface area contributed by atoms with Crippen LogP contribution in [0.4, 0.5) is 5.69 Å². The highest BCUT2D eigenvalue weighted by atomic mass is 32.2. The van der Waals surface area contributed by atoms with E-state index in [0.717, 1.165) is 17.7 Å². The molecule has 0 spiro atoms. The van der Waals surface area contributed by atoms with Crippen molar-refractivity contribution in [3.8, 4) is 0 Å². The largest absolute Gasteiger partial charge is 0.296 e. The monoisotopic (exact) mass is 302 g/mol. The van der Waals surface area contributed by atoms with E-state index in [4.69, 9.17) is 0 Å². The molecule has 0 aliphatic carbocycles. The Morgan fingerprint density at radius 1 is 1.00 bits per heavy atom. The van der Waals surface area contributed by atoms with Gasteiger partial charge >= 0.3 is 0 Å². The molecule has 1 heterocycles. The van der Waals surface area contributed by atoms with Gasteiger partial charge in [0.25, 0.3) is 10.1 Å². The summed E-state index contributed by atoms with van der Waals surface area (Å²) in [6.07, 6.45) is 0.726. The van der Waals surface area contributed by atoms with Crippen LogP contribution in [0.25, 0.3) is 0 Å². The van der Waals surface area contributed by atoms with E-state index in [-0.39, 0.29) is 4.90 Å². The van der Waals surface area contributed by atoms with Crippen LogP contribution in [0.15, 0.2) is 64.6 Å². The van der Waals surface area contributed by atoms with E-state index in [9.17, 15) is 13.0 Å². The molecule has 0 saturated carbocycles. The van der Waals surface area contributed by atoms with E-state index in [1.165, 1.54) is 6.07 Å². The Kier molecular flexibility index (Phi) is 3.48. The highest BCUT2D eigenvalue weighted by molar-refractivity contribution is 7.86. The van der Waals surface area contributed by atoms with Crippen molar-refractivity contribution < 1.29 is 13.0 Å². The molecule has 3 rings (SSSR count). The smallest absolute Gasteiger partial charge is 0.282 e. The van der Waals surface area contributed by atoms with Crippen molar-refractivity contribution in [1.29, 1.82) is 0 Å². The third-order valence-corrected chi connectivity index (χ3v) is 4.23. The predicted octanol–water partition coefficient (Wildman–Crippen LogP) is 2.55. The molecule has 0 bridgehead atoms. The average molecular weight is 302 g/mol. The maximum atomic E-state index is 11.4. The van der Waals surface area contributed by atoms with E-state index in [2.05, 4.69) is 5.10 Å². The molecule has 108 valence electrons. The van der Waals surface area contributed by atoms with E-state index in [1.54, 1.807) is 23.2 Å². The molecular formula is C15H14N2O3S. The quantitative estimate of drug-likeness (QED) is 0.885. The predicted molar refractivity (Wildman–Crippen MR) is 81.2 cm³/mol. The second kappa shape index (κ2) is 5.31. The highest BCUT2D eigenvalue weighted by Crippen LogP contribution is 2.28. The van der Waals surface area contributed by atoms with Crippen LogP contribution in [0.5, 0.6) is 0 Å². The molecule has 0 saturated heterocycles. The summed E-state index contributed by atoms with van der Waals surface area (Å²) in [4.78, 5) is -0.122. The summed E-state index contributed by atoms with van der Waals surface area (Å²) in [7, 11) is -4.26. The zero-order chi connectivity index (χ0) is 14.9. The number of rotatable bonds is 3. The van der Waals surface area contributed by atoms with Crippen LogP contribution in [0.2, 0.25) is 0 Å². The van der Waals surface area contributed by atoms with Gasteiger partial charge in [0.05, 0.1) is 11.4 Å². The van der Waals surface area contributed by atoms with Crippen molar-refractivity contribution in [1.82, 2.24) is 0 Å². The molecular weight excluding hydrogens is 288 g/mol. The highest BCUT2D eigenvalue weighted by Gasteiger charge is 2.23. The number of hydrogen-bond donors (Lipinski definition) is 1. The molecule has 0 aromatic heterocycles. The normalized spacial score (nSPS) is 15.1. The Bertz CT molecular complexity index is 786. The first kappa shape index (κ1) is 13.8. The van der Waals surface area contributed by atoms with Gasteiger partial charge in [0.1, 0.15) is 4.90 Å². The summed E-state index contributed by atoms with van der Waals surface area (Å²) in [6.45, 7) is 0.580. The average Bonchev–Trinajstić information content (AvgIpc) is 2.97. The van der Waals surface area contributed by atoms with Gasteiger partial charge in [-0.1, -0.05) is 42.5 Å². The van der Waals surface area contributed by atoms with E-state index in [0.29, 0.717) is 12.2 Å². The Labute approximate surface area is 123 Å². The molecule has 2 aromatic carbocycles. The molecule has 2 aromatic rings. The van der Waals surface area contributed by atoms with Gasteiger partial charge in [-0.3, -0.25) is 9.56 Å². The lowest BCUT2D eigenvalue weighted by molar-refractivity contribution is 0.483. The van der Waals surface area contributed by atoms with Crippen molar-refractivity contribution in [3.05, 3.63) is 60.2 Å². The maximum Gasteiger partial charge on any atom is 0.296 e. The minimum Gasteiger partial charge on any atom is -0.282 e. The number of hydrazone groups is 1. The number of para-hydroxylation sites is 1. The number of hydrogen-bond acceptors (Lipinski definition) is 4. The molecule has 6 heteroatoms. The van der Waals surface area contributed by atoms with Gasteiger partial charge in [-0.2, -0.15) is 13.5 Å². The molecule has 0 radical (unpaired) electrons. The van der Waals surface area contributed by atoms with Crippen LogP contribution in [-0.2, 0) is 10.1 Å². The lowest BCUT2D eigenvalue weighted by Gasteiger charge is -2.16. The van der Waals surface area contributed by atoms with Gasteiger partial charge < -0.3 is 0 Å². The van der Waals surface area contributed by atoms with Gasteiger partial charge in [-0.25, -0.2) is 0 Å². The zero-order valence-electron chi connectivity index (χ0n) is 11.2. The Balaban J connectivity index is 1.99. The SMILES string of the molecule is O=S(=O)(O)c1ccccc1N1CCC(c2ccccc2)=N1. The molecule has 5 nitrogen and oxygen atoms in total. The zero-order valence-corrected chi connectivity index (χ0v) is 12.0. The topological polar surface area (TPSA) is 70.0 Å². The molecule has 21 heavy (non-hydrogen) atoms. The number of benzene rings is 2. The first-order valence-corrected chi connectivity index (χ1v) is 7.97. The fourth-order valence-electron chi connectivity index (χ4n) is 2.35. The fraction of sp³-hybridized carbons (Fsp3) is 0.133. The number of anilines is 1. The minimum atomic E-state index is -4.26. The van der Waals surface area contributed by atoms with Crippen molar-refractivity contribution in [2.75, 3.05) is 11.6 Å². The lowest BCUT2D eigenvalue weighted by atomic mass is 10.1. The van der Waals surface area contributed by atoms with Gasteiger partial charge in [0, 0.05) is 13.0 Å². The molecule has 0 unspecified atom stereocenters. The van der Waals surface area contributed by atoms with Crippen LogP contribution in [0, 0.1) is 0 Å². The molecule has 0 amide bonds. The second-order valence-electron chi connectivity index (χ2n) is 4.73. The fourth-order valence-corrected chi connectivity index (χ4v) is 3.04. The second-order valence-corrected chi connectivity index (χ2v) is 6.12. The summed E-state index contributed by atoms with van der Waals surface area (Å²) in [5.74, 6) is 0. The van der Waals surface area contributed by atoms with Crippen LogP contribution in [0.3, 0.4) is 0 Å². The van der Waals surface area contributed by atoms with E-state index >= 15 is 0 Å². The molecule has 1 aliphatic rings. The molecule has 0 fully saturated rings. The Morgan fingerprint density at radius 3 is 2.38 bits per heavy atom. The van der Waals surface area contributed by atoms with Gasteiger partial charge in [-0.05, 0) is 17.7 Å². The first-order chi connectivity index (χ1) is 10.1. The van der Waals surface area contributed by atoms with Crippen molar-refractivity contribution >= 4 is 21.5 Å². The third-order valence-electron chi connectivity index (χ3n) is 3.33.